The van der Waals surface area contributed by atoms with Crippen molar-refractivity contribution in [3.63, 3.8) is 0 Å². The van der Waals surface area contributed by atoms with Crippen LogP contribution in [0.15, 0.2) is 35.0 Å². The summed E-state index contributed by atoms with van der Waals surface area (Å²) in [6.07, 6.45) is 2.40. The van der Waals surface area contributed by atoms with Crippen molar-refractivity contribution in [1.29, 1.82) is 0 Å². The normalized spacial score (nSPS) is 18.7. The van der Waals surface area contributed by atoms with E-state index in [0.717, 1.165) is 30.4 Å². The fraction of sp³-hybridized carbons (Fsp3) is 0.375. The number of nitro groups is 1. The quantitative estimate of drug-likeness (QED) is 0.655. The van der Waals surface area contributed by atoms with Crippen molar-refractivity contribution in [3.8, 4) is 0 Å². The van der Waals surface area contributed by atoms with Gasteiger partial charge in [0.1, 0.15) is 0 Å². The third-order valence-corrected chi connectivity index (χ3v) is 4.84. The van der Waals surface area contributed by atoms with Crippen molar-refractivity contribution in [2.45, 2.75) is 31.4 Å². The molecule has 1 aliphatic carbocycles. The highest BCUT2D eigenvalue weighted by Gasteiger charge is 2.23. The summed E-state index contributed by atoms with van der Waals surface area (Å²) in [5.74, 6) is 0. The maximum Gasteiger partial charge on any atom is 0.269 e. The number of nitrogens with zero attached hydrogens (tertiary/aromatic N) is 1. The second-order valence-electron chi connectivity index (χ2n) is 5.57. The van der Waals surface area contributed by atoms with Crippen molar-refractivity contribution in [3.05, 3.63) is 61.8 Å². The van der Waals surface area contributed by atoms with Crippen LogP contribution in [0.25, 0.3) is 0 Å². The van der Waals surface area contributed by atoms with Crippen LogP contribution in [-0.4, -0.2) is 16.6 Å². The van der Waals surface area contributed by atoms with E-state index in [2.05, 4.69) is 5.32 Å². The topological polar surface area (TPSA) is 75.4 Å². The van der Waals surface area contributed by atoms with Crippen molar-refractivity contribution < 1.29 is 10.0 Å². The van der Waals surface area contributed by atoms with Crippen LogP contribution in [0.5, 0.6) is 0 Å². The molecule has 1 heterocycles. The summed E-state index contributed by atoms with van der Waals surface area (Å²) < 4.78 is 0. The smallest absolute Gasteiger partial charge is 0.269 e. The molecule has 0 bridgehead atoms. The fourth-order valence-corrected chi connectivity index (χ4v) is 3.66. The molecule has 0 radical (unpaired) electrons. The number of fused-ring (bicyclic) bond motifs is 1. The molecule has 0 aliphatic heterocycles. The van der Waals surface area contributed by atoms with Gasteiger partial charge in [-0.1, -0.05) is 6.07 Å². The van der Waals surface area contributed by atoms with Gasteiger partial charge in [-0.2, -0.15) is 11.3 Å². The molecule has 5 nitrogen and oxygen atoms in total. The number of aliphatic hydroxyl groups excluding tert-OH is 1. The lowest BCUT2D eigenvalue weighted by atomic mass is 9.87. The first kappa shape index (κ1) is 15.1. The maximum absolute atomic E-state index is 11.0. The van der Waals surface area contributed by atoms with Crippen LogP contribution in [0, 0.1) is 10.1 Å². The second kappa shape index (κ2) is 6.56. The summed E-state index contributed by atoms with van der Waals surface area (Å²) in [7, 11) is 0. The van der Waals surface area contributed by atoms with Crippen LogP contribution in [0.3, 0.4) is 0 Å². The zero-order valence-corrected chi connectivity index (χ0v) is 12.9. The van der Waals surface area contributed by atoms with Gasteiger partial charge in [0.25, 0.3) is 5.69 Å². The lowest BCUT2D eigenvalue weighted by molar-refractivity contribution is -0.385. The predicted molar refractivity (Wildman–Crippen MR) is 86.1 cm³/mol. The molecule has 6 heteroatoms. The summed E-state index contributed by atoms with van der Waals surface area (Å²) in [6.45, 7) is 0.448. The standard InChI is InChI=1S/C16H18N2O3S/c19-16(12-6-7-22-10-12)9-17-15-3-1-2-11-4-5-13(18(20)21)8-14(11)15/h4-8,10,15-17,19H,1-3,9H2/t15-,16-/m0/s1. The van der Waals surface area contributed by atoms with Crippen LogP contribution < -0.4 is 5.32 Å². The molecule has 0 amide bonds. The molecule has 1 aromatic carbocycles. The molecule has 22 heavy (non-hydrogen) atoms. The first-order chi connectivity index (χ1) is 10.6. The molecule has 1 aliphatic rings. The molecule has 0 spiro atoms. The van der Waals surface area contributed by atoms with E-state index in [-0.39, 0.29) is 16.7 Å². The van der Waals surface area contributed by atoms with Crippen LogP contribution >= 0.6 is 11.3 Å². The van der Waals surface area contributed by atoms with Crippen LogP contribution in [0.4, 0.5) is 5.69 Å². The Bertz CT molecular complexity index is 657. The summed E-state index contributed by atoms with van der Waals surface area (Å²) in [5.41, 5.74) is 3.20. The van der Waals surface area contributed by atoms with E-state index in [1.807, 2.05) is 22.9 Å². The minimum absolute atomic E-state index is 0.0666. The van der Waals surface area contributed by atoms with Gasteiger partial charge >= 0.3 is 0 Å². The number of thiophene rings is 1. The molecular weight excluding hydrogens is 300 g/mol. The molecule has 2 atom stereocenters. The van der Waals surface area contributed by atoms with E-state index >= 15 is 0 Å². The Morgan fingerprint density at radius 3 is 3.05 bits per heavy atom. The first-order valence-corrected chi connectivity index (χ1v) is 8.30. The molecular formula is C16H18N2O3S. The van der Waals surface area contributed by atoms with Crippen molar-refractivity contribution >= 4 is 17.0 Å². The molecule has 1 aromatic heterocycles. The lowest BCUT2D eigenvalue weighted by Gasteiger charge is -2.27. The van der Waals surface area contributed by atoms with E-state index in [1.165, 1.54) is 5.56 Å². The number of aryl methyl sites for hydroxylation is 1. The number of hydrogen-bond acceptors (Lipinski definition) is 5. The Morgan fingerprint density at radius 1 is 1.45 bits per heavy atom. The van der Waals surface area contributed by atoms with Gasteiger partial charge in [-0.05, 0) is 52.8 Å². The summed E-state index contributed by atoms with van der Waals surface area (Å²) in [5, 5.41) is 28.4. The van der Waals surface area contributed by atoms with E-state index in [0.29, 0.717) is 6.54 Å². The molecule has 2 aromatic rings. The molecule has 3 rings (SSSR count). The Hall–Kier alpha value is -1.76. The second-order valence-corrected chi connectivity index (χ2v) is 6.35. The van der Waals surface area contributed by atoms with Gasteiger partial charge in [0.15, 0.2) is 0 Å². The summed E-state index contributed by atoms with van der Waals surface area (Å²) in [6, 6.07) is 7.08. The highest BCUT2D eigenvalue weighted by atomic mass is 32.1. The predicted octanol–water partition coefficient (Wildman–Crippen LogP) is 3.36. The average molecular weight is 318 g/mol. The number of nitro benzene ring substituents is 1. The van der Waals surface area contributed by atoms with E-state index in [4.69, 9.17) is 0 Å². The fourth-order valence-electron chi connectivity index (χ4n) is 2.95. The minimum Gasteiger partial charge on any atom is -0.387 e. The number of hydrogen-bond donors (Lipinski definition) is 2. The summed E-state index contributed by atoms with van der Waals surface area (Å²) >= 11 is 1.56. The van der Waals surface area contributed by atoms with E-state index < -0.39 is 6.10 Å². The van der Waals surface area contributed by atoms with Gasteiger partial charge in [0, 0.05) is 24.7 Å². The van der Waals surface area contributed by atoms with Crippen molar-refractivity contribution in [2.24, 2.45) is 0 Å². The third-order valence-electron chi connectivity index (χ3n) is 4.14. The van der Waals surface area contributed by atoms with Crippen LogP contribution in [-0.2, 0) is 6.42 Å². The number of aliphatic hydroxyl groups is 1. The van der Waals surface area contributed by atoms with Gasteiger partial charge in [0.05, 0.1) is 11.0 Å². The Balaban J connectivity index is 1.73. The van der Waals surface area contributed by atoms with E-state index in [1.54, 1.807) is 23.5 Å². The molecule has 2 N–H and O–H groups in total. The molecule has 0 fully saturated rings. The van der Waals surface area contributed by atoms with Gasteiger partial charge in [0.2, 0.25) is 0 Å². The summed E-state index contributed by atoms with van der Waals surface area (Å²) in [4.78, 5) is 10.6. The molecule has 0 saturated carbocycles. The minimum atomic E-state index is -0.546. The number of nitrogens with one attached hydrogen (secondary N) is 1. The monoisotopic (exact) mass is 318 g/mol. The number of benzene rings is 1. The molecule has 0 unspecified atom stereocenters. The number of non-ortho nitro benzene ring substituents is 1. The number of rotatable bonds is 5. The average Bonchev–Trinajstić information content (AvgIpc) is 3.06. The van der Waals surface area contributed by atoms with Gasteiger partial charge < -0.3 is 10.4 Å². The van der Waals surface area contributed by atoms with Crippen LogP contribution in [0.1, 0.15) is 41.7 Å². The third kappa shape index (κ3) is 3.19. The molecule has 0 saturated heterocycles. The van der Waals surface area contributed by atoms with E-state index in [9.17, 15) is 15.2 Å². The van der Waals surface area contributed by atoms with Crippen molar-refractivity contribution in [2.75, 3.05) is 6.54 Å². The van der Waals surface area contributed by atoms with Crippen LogP contribution in [0.2, 0.25) is 0 Å². The maximum atomic E-state index is 11.0. The van der Waals surface area contributed by atoms with Crippen molar-refractivity contribution in [1.82, 2.24) is 5.32 Å². The SMILES string of the molecule is O=[N+]([O-])c1ccc2c(c1)[C@@H](NC[C@H](O)c1ccsc1)CCC2. The highest BCUT2D eigenvalue weighted by molar-refractivity contribution is 7.07. The van der Waals surface area contributed by atoms with Gasteiger partial charge in [-0.25, -0.2) is 0 Å². The molecule has 116 valence electrons. The Labute approximate surface area is 132 Å². The lowest BCUT2D eigenvalue weighted by Crippen LogP contribution is -2.29. The Morgan fingerprint density at radius 2 is 2.32 bits per heavy atom. The van der Waals surface area contributed by atoms with Gasteiger partial charge in [-0.3, -0.25) is 10.1 Å². The van der Waals surface area contributed by atoms with Gasteiger partial charge in [-0.15, -0.1) is 0 Å². The Kier molecular flexibility index (Phi) is 4.52. The first-order valence-electron chi connectivity index (χ1n) is 7.36. The largest absolute Gasteiger partial charge is 0.387 e. The zero-order chi connectivity index (χ0) is 15.5. The highest BCUT2D eigenvalue weighted by Crippen LogP contribution is 2.32. The zero-order valence-electron chi connectivity index (χ0n) is 12.1.